The number of carbonyl (C=O) groups is 1. The van der Waals surface area contributed by atoms with Crippen molar-refractivity contribution in [3.8, 4) is 5.75 Å². The number of phenolic OH excluding ortho intramolecular Hbond substituents is 1. The van der Waals surface area contributed by atoms with Crippen LogP contribution in [-0.2, 0) is 10.2 Å². The molecule has 1 aromatic carbocycles. The van der Waals surface area contributed by atoms with Crippen molar-refractivity contribution in [3.05, 3.63) is 16.1 Å². The van der Waals surface area contributed by atoms with E-state index < -0.39 is 0 Å². The number of nitrogens with zero attached hydrogens (tertiary/aromatic N) is 3. The van der Waals surface area contributed by atoms with Crippen LogP contribution in [-0.4, -0.2) is 40.3 Å². The largest absolute Gasteiger partial charge is 0.504 e. The third-order valence-corrected chi connectivity index (χ3v) is 8.45. The zero-order valence-electron chi connectivity index (χ0n) is 13.0. The van der Waals surface area contributed by atoms with E-state index in [0.29, 0.717) is 23.1 Å². The molecule has 0 aromatic heterocycles. The number of anilines is 1. The summed E-state index contributed by atoms with van der Waals surface area (Å²) in [6.45, 7) is 0.874. The SMILES string of the molecule is O=C1CC2S[C@H]3C[C@]24CC1N1CCC2=c5c(c(O)c(c4c51)=N3)N=C2. The van der Waals surface area contributed by atoms with Crippen LogP contribution in [0.1, 0.15) is 31.2 Å². The molecular weight excluding hydrogens is 322 g/mol. The van der Waals surface area contributed by atoms with Gasteiger partial charge in [-0.1, -0.05) is 0 Å². The minimum atomic E-state index is 0.00911. The van der Waals surface area contributed by atoms with Crippen LogP contribution in [0.4, 0.5) is 11.4 Å². The normalized spacial score (nSPS) is 38.7. The Bertz CT molecular complexity index is 1050. The van der Waals surface area contributed by atoms with Gasteiger partial charge in [-0.2, -0.15) is 0 Å². The molecule has 5 aliphatic heterocycles. The highest BCUT2D eigenvalue weighted by molar-refractivity contribution is 8.00. The molecule has 1 aliphatic carbocycles. The predicted molar refractivity (Wildman–Crippen MR) is 91.9 cm³/mol. The summed E-state index contributed by atoms with van der Waals surface area (Å²) in [5, 5.41) is 13.3. The lowest BCUT2D eigenvalue weighted by Gasteiger charge is -2.53. The number of ketones is 1. The average Bonchev–Trinajstić information content (AvgIpc) is 3.11. The number of hydrogen-bond donors (Lipinski definition) is 1. The van der Waals surface area contributed by atoms with E-state index in [0.717, 1.165) is 36.4 Å². The number of thioether (sulfide) groups is 1. The van der Waals surface area contributed by atoms with Crippen molar-refractivity contribution >= 4 is 40.7 Å². The average molecular weight is 337 g/mol. The standard InChI is InChI=1S/C18H15N3O2S/c22-9-3-10-18-4-8(9)21-2-1-7-6-19-14-12(7)16(21)13(18)15(17(14)23)20-11(5-18)24-10/h6,8,10-11,23H,1-5H2/t8?,10?,11-,18+/m0/s1. The Kier molecular flexibility index (Phi) is 1.86. The maximum absolute atomic E-state index is 12.9. The third kappa shape index (κ3) is 1.10. The van der Waals surface area contributed by atoms with E-state index in [1.807, 2.05) is 18.0 Å². The number of fused-ring (bicyclic) bond motifs is 3. The summed E-state index contributed by atoms with van der Waals surface area (Å²) in [6.07, 6.45) is 5.38. The lowest BCUT2D eigenvalue weighted by Crippen LogP contribution is -2.62. The van der Waals surface area contributed by atoms with E-state index >= 15 is 0 Å². The Hall–Kier alpha value is -1.82. The van der Waals surface area contributed by atoms with Crippen molar-refractivity contribution in [2.24, 2.45) is 9.98 Å². The summed E-state index contributed by atoms with van der Waals surface area (Å²) in [5.41, 5.74) is 4.32. The van der Waals surface area contributed by atoms with Gasteiger partial charge in [0.05, 0.1) is 17.1 Å². The molecule has 1 N–H and O–H groups in total. The summed E-state index contributed by atoms with van der Waals surface area (Å²) in [6, 6.07) is 0.00911. The van der Waals surface area contributed by atoms with Gasteiger partial charge in [0.25, 0.3) is 0 Å². The fourth-order valence-corrected chi connectivity index (χ4v) is 7.76. The first-order valence-corrected chi connectivity index (χ1v) is 9.61. The first kappa shape index (κ1) is 12.5. The molecule has 3 bridgehead atoms. The highest BCUT2D eigenvalue weighted by atomic mass is 32.2. The first-order chi connectivity index (χ1) is 11.7. The smallest absolute Gasteiger partial charge is 0.167 e. The van der Waals surface area contributed by atoms with E-state index in [4.69, 9.17) is 4.99 Å². The molecule has 0 radical (unpaired) electrons. The van der Waals surface area contributed by atoms with Gasteiger partial charge in [0.1, 0.15) is 11.0 Å². The number of Topliss-reactive ketones (excluding diaryl/α,β-unsaturated/α-hetero) is 1. The number of hydrogen-bond acceptors (Lipinski definition) is 6. The van der Waals surface area contributed by atoms with Crippen LogP contribution in [0.25, 0.3) is 5.57 Å². The zero-order chi connectivity index (χ0) is 15.8. The van der Waals surface area contributed by atoms with Crippen molar-refractivity contribution in [1.82, 2.24) is 0 Å². The van der Waals surface area contributed by atoms with Crippen molar-refractivity contribution in [2.45, 2.75) is 47.8 Å². The second kappa shape index (κ2) is 3.57. The molecule has 0 amide bonds. The van der Waals surface area contributed by atoms with Crippen LogP contribution in [0.15, 0.2) is 9.98 Å². The molecule has 1 saturated carbocycles. The second-order valence-corrected chi connectivity index (χ2v) is 9.22. The van der Waals surface area contributed by atoms with Gasteiger partial charge < -0.3 is 10.0 Å². The van der Waals surface area contributed by atoms with Gasteiger partial charge in [-0.25, -0.2) is 0 Å². The van der Waals surface area contributed by atoms with Gasteiger partial charge in [0, 0.05) is 40.6 Å². The molecule has 6 aliphatic rings. The minimum Gasteiger partial charge on any atom is -0.504 e. The lowest BCUT2D eigenvalue weighted by atomic mass is 9.60. The molecule has 7 rings (SSSR count). The third-order valence-electron chi connectivity index (χ3n) is 6.92. The fraction of sp³-hybridized carbons (Fsp3) is 0.500. The molecule has 1 saturated heterocycles. The summed E-state index contributed by atoms with van der Waals surface area (Å²) in [7, 11) is 0. The van der Waals surface area contributed by atoms with Crippen LogP contribution in [0.5, 0.6) is 5.75 Å². The van der Waals surface area contributed by atoms with Crippen LogP contribution < -0.4 is 15.5 Å². The predicted octanol–water partition coefficient (Wildman–Crippen LogP) is 0.917. The molecule has 5 heterocycles. The van der Waals surface area contributed by atoms with Crippen molar-refractivity contribution in [3.63, 3.8) is 0 Å². The summed E-state index contributed by atoms with van der Waals surface area (Å²) < 4.78 is 0. The Morgan fingerprint density at radius 1 is 1.38 bits per heavy atom. The number of benzene rings is 1. The monoisotopic (exact) mass is 337 g/mol. The number of carbonyl (C=O) groups excluding carboxylic acids is 1. The van der Waals surface area contributed by atoms with E-state index in [1.54, 1.807) is 0 Å². The number of rotatable bonds is 0. The summed E-state index contributed by atoms with van der Waals surface area (Å²) >= 11 is 1.85. The minimum absolute atomic E-state index is 0.00911. The maximum atomic E-state index is 12.9. The molecule has 2 fully saturated rings. The van der Waals surface area contributed by atoms with Crippen LogP contribution in [0.2, 0.25) is 0 Å². The molecule has 2 unspecified atom stereocenters. The van der Waals surface area contributed by atoms with Gasteiger partial charge in [0.2, 0.25) is 0 Å². The summed E-state index contributed by atoms with van der Waals surface area (Å²) in [4.78, 5) is 24.6. The molecule has 1 spiro atoms. The fourth-order valence-electron chi connectivity index (χ4n) is 5.99. The molecule has 5 nitrogen and oxygen atoms in total. The van der Waals surface area contributed by atoms with E-state index in [1.165, 1.54) is 16.8 Å². The van der Waals surface area contributed by atoms with Gasteiger partial charge in [-0.3, -0.25) is 14.8 Å². The van der Waals surface area contributed by atoms with Crippen LogP contribution in [0, 0.1) is 0 Å². The quantitative estimate of drug-likeness (QED) is 0.764. The van der Waals surface area contributed by atoms with Gasteiger partial charge in [-0.05, 0) is 24.8 Å². The molecule has 6 heteroatoms. The second-order valence-electron chi connectivity index (χ2n) is 7.83. The summed E-state index contributed by atoms with van der Waals surface area (Å²) in [5.74, 6) is 0.652. The van der Waals surface area contributed by atoms with Crippen LogP contribution >= 0.6 is 11.8 Å². The van der Waals surface area contributed by atoms with Crippen LogP contribution in [0.3, 0.4) is 0 Å². The van der Waals surface area contributed by atoms with Crippen molar-refractivity contribution < 1.29 is 9.90 Å². The van der Waals surface area contributed by atoms with E-state index in [2.05, 4.69) is 9.89 Å². The highest BCUT2D eigenvalue weighted by Crippen LogP contribution is 2.61. The van der Waals surface area contributed by atoms with E-state index in [9.17, 15) is 9.90 Å². The molecule has 24 heavy (non-hydrogen) atoms. The van der Waals surface area contributed by atoms with Gasteiger partial charge in [-0.15, -0.1) is 11.8 Å². The molecule has 4 atom stereocenters. The molecule has 120 valence electrons. The number of aliphatic imine (C=N–C) groups is 1. The van der Waals surface area contributed by atoms with Gasteiger partial charge >= 0.3 is 0 Å². The Balaban J connectivity index is 1.75. The zero-order valence-corrected chi connectivity index (χ0v) is 13.8. The van der Waals surface area contributed by atoms with E-state index in [-0.39, 0.29) is 22.6 Å². The van der Waals surface area contributed by atoms with Crippen molar-refractivity contribution in [2.75, 3.05) is 11.4 Å². The Morgan fingerprint density at radius 3 is 3.21 bits per heavy atom. The topological polar surface area (TPSA) is 65.3 Å². The molecular formula is C18H15N3O2S. The van der Waals surface area contributed by atoms with Crippen molar-refractivity contribution in [1.29, 1.82) is 0 Å². The number of phenols is 1. The highest BCUT2D eigenvalue weighted by Gasteiger charge is 2.62. The lowest BCUT2D eigenvalue weighted by molar-refractivity contribution is -0.123. The Morgan fingerprint density at radius 2 is 2.29 bits per heavy atom. The first-order valence-electron chi connectivity index (χ1n) is 8.67. The molecule has 1 aromatic rings. The van der Waals surface area contributed by atoms with Gasteiger partial charge in [0.15, 0.2) is 11.5 Å². The Labute approximate surface area is 142 Å². The number of aromatic hydroxyl groups is 1. The maximum Gasteiger partial charge on any atom is 0.167 e.